The first-order chi connectivity index (χ1) is 12.7. The molecule has 0 saturated carbocycles. The summed E-state index contributed by atoms with van der Waals surface area (Å²) in [4.78, 5) is 3.37. The number of morpholine rings is 1. The second kappa shape index (κ2) is 7.75. The number of thiophene rings is 1. The lowest BCUT2D eigenvalue weighted by Gasteiger charge is -2.26. The van der Waals surface area contributed by atoms with Crippen molar-refractivity contribution < 1.29 is 14.4 Å². The average Bonchev–Trinajstić information content (AvgIpc) is 3.29. The molecule has 6 nitrogen and oxygen atoms in total. The molecule has 1 aromatic carbocycles. The number of nitrogen functional groups attached to an aromatic ring is 1. The monoisotopic (exact) mass is 373 g/mol. The van der Waals surface area contributed by atoms with Crippen LogP contribution in [0.1, 0.15) is 11.0 Å². The van der Waals surface area contributed by atoms with Gasteiger partial charge in [0.15, 0.2) is 0 Å². The average molecular weight is 374 g/mol. The molecule has 7 heteroatoms. The van der Waals surface area contributed by atoms with Gasteiger partial charge in [0.1, 0.15) is 23.7 Å². The molecule has 0 amide bonds. The summed E-state index contributed by atoms with van der Waals surface area (Å²) >= 11 is 1.57. The Bertz CT molecular complexity index is 856. The summed E-state index contributed by atoms with van der Waals surface area (Å²) in [5.74, 6) is 0.690. The number of anilines is 1. The molecule has 1 fully saturated rings. The highest BCUT2D eigenvalue weighted by molar-refractivity contribution is 7.10. The summed E-state index contributed by atoms with van der Waals surface area (Å²) in [7, 11) is 0. The van der Waals surface area contributed by atoms with E-state index in [0.717, 1.165) is 55.3 Å². The van der Waals surface area contributed by atoms with Gasteiger partial charge in [0.05, 0.1) is 19.8 Å². The van der Waals surface area contributed by atoms with Crippen LogP contribution < -0.4 is 10.3 Å². The van der Waals surface area contributed by atoms with Gasteiger partial charge in [0, 0.05) is 24.5 Å². The summed E-state index contributed by atoms with van der Waals surface area (Å²) in [6.07, 6.45) is -0.555. The number of rotatable bonds is 6. The number of nitrogens with two attached hydrogens (primary N) is 1. The predicted molar refractivity (Wildman–Crippen MR) is 103 cm³/mol. The molecule has 26 heavy (non-hydrogen) atoms. The molecule has 138 valence electrons. The van der Waals surface area contributed by atoms with Crippen molar-refractivity contribution in [2.75, 3.05) is 38.6 Å². The molecule has 1 aliphatic heterocycles. The topological polar surface area (TPSA) is 67.5 Å². The fourth-order valence-electron chi connectivity index (χ4n) is 3.55. The number of aliphatic hydroxyl groups excluding tert-OH is 1. The maximum atomic E-state index is 10.6. The van der Waals surface area contributed by atoms with Crippen LogP contribution in [0, 0.1) is 0 Å². The van der Waals surface area contributed by atoms with E-state index in [1.807, 2.05) is 34.2 Å². The van der Waals surface area contributed by atoms with Crippen molar-refractivity contribution >= 4 is 28.3 Å². The smallest absolute Gasteiger partial charge is 0.356 e. The minimum atomic E-state index is -0.555. The van der Waals surface area contributed by atoms with E-state index in [-0.39, 0.29) is 0 Å². The molecule has 3 aromatic rings. The van der Waals surface area contributed by atoms with Gasteiger partial charge in [-0.25, -0.2) is 9.13 Å². The van der Waals surface area contributed by atoms with Crippen LogP contribution in [-0.2, 0) is 17.8 Å². The standard InChI is InChI=1S/C19H24N4O2S/c20-19-22(8-7-21-9-11-25-12-10-21)15-4-1-2-5-16(15)23(19)14-17(24)18-6-3-13-26-18/h1-6,13,17,20,24H,7-12,14H2/p+1. The number of hydrogen-bond acceptors (Lipinski definition) is 5. The maximum absolute atomic E-state index is 10.6. The highest BCUT2D eigenvalue weighted by Crippen LogP contribution is 2.22. The van der Waals surface area contributed by atoms with Gasteiger partial charge < -0.3 is 9.84 Å². The first kappa shape index (κ1) is 17.5. The van der Waals surface area contributed by atoms with E-state index < -0.39 is 6.10 Å². The minimum Gasteiger partial charge on any atom is -0.384 e. The SMILES string of the molecule is Nc1n(CCN2CCOCC2)c2ccccc2[n+]1CC(O)c1cccs1. The second-order valence-electron chi connectivity index (χ2n) is 6.59. The molecule has 1 atom stereocenters. The first-order valence-corrected chi connectivity index (χ1v) is 9.90. The molecule has 1 aliphatic rings. The van der Waals surface area contributed by atoms with E-state index >= 15 is 0 Å². The molecular formula is C19H25N4O2S+. The maximum Gasteiger partial charge on any atom is 0.356 e. The highest BCUT2D eigenvalue weighted by Gasteiger charge is 2.24. The number of ether oxygens (including phenoxy) is 1. The van der Waals surface area contributed by atoms with Gasteiger partial charge in [0.25, 0.3) is 0 Å². The van der Waals surface area contributed by atoms with Gasteiger partial charge in [-0.2, -0.15) is 0 Å². The van der Waals surface area contributed by atoms with Crippen LogP contribution in [0.5, 0.6) is 0 Å². The van der Waals surface area contributed by atoms with E-state index in [4.69, 9.17) is 10.5 Å². The number of fused-ring (bicyclic) bond motifs is 1. The predicted octanol–water partition coefficient (Wildman–Crippen LogP) is 1.64. The Morgan fingerprint density at radius 3 is 2.73 bits per heavy atom. The quantitative estimate of drug-likeness (QED) is 0.645. The number of para-hydroxylation sites is 2. The van der Waals surface area contributed by atoms with E-state index in [1.54, 1.807) is 11.3 Å². The van der Waals surface area contributed by atoms with Crippen molar-refractivity contribution in [2.24, 2.45) is 0 Å². The van der Waals surface area contributed by atoms with Crippen LogP contribution in [0.25, 0.3) is 11.0 Å². The Balaban J connectivity index is 1.60. The Morgan fingerprint density at radius 1 is 1.15 bits per heavy atom. The highest BCUT2D eigenvalue weighted by atomic mass is 32.1. The lowest BCUT2D eigenvalue weighted by Crippen LogP contribution is -2.40. The van der Waals surface area contributed by atoms with Crippen molar-refractivity contribution in [2.45, 2.75) is 19.2 Å². The van der Waals surface area contributed by atoms with Crippen LogP contribution in [0.2, 0.25) is 0 Å². The third-order valence-corrected chi connectivity index (χ3v) is 5.96. The molecule has 1 unspecified atom stereocenters. The number of benzene rings is 1. The van der Waals surface area contributed by atoms with Crippen molar-refractivity contribution in [3.05, 3.63) is 46.7 Å². The fourth-order valence-corrected chi connectivity index (χ4v) is 4.25. The number of hydrogen-bond donors (Lipinski definition) is 2. The summed E-state index contributed by atoms with van der Waals surface area (Å²) in [5.41, 5.74) is 8.67. The van der Waals surface area contributed by atoms with E-state index in [1.165, 1.54) is 0 Å². The summed E-state index contributed by atoms with van der Waals surface area (Å²) in [6.45, 7) is 5.77. The largest absolute Gasteiger partial charge is 0.384 e. The van der Waals surface area contributed by atoms with Crippen molar-refractivity contribution in [1.29, 1.82) is 0 Å². The van der Waals surface area contributed by atoms with Crippen LogP contribution in [-0.4, -0.2) is 47.4 Å². The molecule has 4 rings (SSSR count). The Morgan fingerprint density at radius 2 is 1.96 bits per heavy atom. The molecule has 2 aromatic heterocycles. The lowest BCUT2D eigenvalue weighted by molar-refractivity contribution is -0.666. The van der Waals surface area contributed by atoms with Gasteiger partial charge in [-0.15, -0.1) is 11.3 Å². The number of aromatic nitrogens is 2. The van der Waals surface area contributed by atoms with Gasteiger partial charge >= 0.3 is 5.95 Å². The van der Waals surface area contributed by atoms with Gasteiger partial charge in [-0.1, -0.05) is 18.2 Å². The van der Waals surface area contributed by atoms with Crippen molar-refractivity contribution in [3.63, 3.8) is 0 Å². The molecular weight excluding hydrogens is 348 g/mol. The summed E-state index contributed by atoms with van der Waals surface area (Å²) < 4.78 is 9.61. The Hall–Kier alpha value is -1.93. The molecule has 0 spiro atoms. The molecule has 3 heterocycles. The van der Waals surface area contributed by atoms with Gasteiger partial charge in [0.2, 0.25) is 0 Å². The molecule has 0 radical (unpaired) electrons. The Kier molecular flexibility index (Phi) is 5.21. The van der Waals surface area contributed by atoms with E-state index in [0.29, 0.717) is 12.5 Å². The van der Waals surface area contributed by atoms with Crippen molar-refractivity contribution in [1.82, 2.24) is 9.47 Å². The fraction of sp³-hybridized carbons (Fsp3) is 0.421. The number of imidazole rings is 1. The molecule has 0 bridgehead atoms. The zero-order valence-electron chi connectivity index (χ0n) is 14.8. The zero-order valence-corrected chi connectivity index (χ0v) is 15.6. The number of nitrogens with zero attached hydrogens (tertiary/aromatic N) is 3. The lowest BCUT2D eigenvalue weighted by atomic mass is 10.2. The van der Waals surface area contributed by atoms with E-state index in [2.05, 4.69) is 21.6 Å². The molecule has 0 aliphatic carbocycles. The molecule has 3 N–H and O–H groups in total. The molecule has 1 saturated heterocycles. The van der Waals surface area contributed by atoms with Crippen LogP contribution in [0.4, 0.5) is 5.95 Å². The van der Waals surface area contributed by atoms with Gasteiger partial charge in [-0.05, 0) is 23.6 Å². The van der Waals surface area contributed by atoms with Crippen LogP contribution in [0.15, 0.2) is 41.8 Å². The number of aliphatic hydroxyl groups is 1. The van der Waals surface area contributed by atoms with Crippen molar-refractivity contribution in [3.8, 4) is 0 Å². The van der Waals surface area contributed by atoms with Crippen LogP contribution >= 0.6 is 11.3 Å². The zero-order chi connectivity index (χ0) is 17.9. The Labute approximate surface area is 157 Å². The summed E-state index contributed by atoms with van der Waals surface area (Å²) in [6, 6.07) is 12.1. The second-order valence-corrected chi connectivity index (χ2v) is 7.57. The van der Waals surface area contributed by atoms with E-state index in [9.17, 15) is 5.11 Å². The normalized spacial score (nSPS) is 17.0. The van der Waals surface area contributed by atoms with Crippen LogP contribution in [0.3, 0.4) is 0 Å². The third-order valence-electron chi connectivity index (χ3n) is 4.99. The summed E-state index contributed by atoms with van der Waals surface area (Å²) in [5, 5.41) is 12.6. The first-order valence-electron chi connectivity index (χ1n) is 9.02. The third kappa shape index (κ3) is 3.48. The van der Waals surface area contributed by atoms with Gasteiger partial charge in [-0.3, -0.25) is 10.6 Å². The minimum absolute atomic E-state index is 0.456.